The molecule has 0 saturated heterocycles. The van der Waals surface area contributed by atoms with Crippen molar-refractivity contribution in [2.45, 2.75) is 38.1 Å². The van der Waals surface area contributed by atoms with E-state index in [9.17, 15) is 0 Å². The number of hydrogen-bond acceptors (Lipinski definition) is 2. The number of rotatable bonds is 6. The van der Waals surface area contributed by atoms with Gasteiger partial charge in [-0.3, -0.25) is 4.90 Å². The zero-order chi connectivity index (χ0) is 14.5. The van der Waals surface area contributed by atoms with E-state index < -0.39 is 0 Å². The van der Waals surface area contributed by atoms with Crippen molar-refractivity contribution in [1.82, 2.24) is 4.90 Å². The summed E-state index contributed by atoms with van der Waals surface area (Å²) >= 11 is 0. The van der Waals surface area contributed by atoms with Gasteiger partial charge in [-0.25, -0.2) is 0 Å². The zero-order valence-corrected chi connectivity index (χ0v) is 12.6. The predicted octanol–water partition coefficient (Wildman–Crippen LogP) is 3.87. The number of methoxy groups -OCH3 is 1. The molecule has 0 spiro atoms. The summed E-state index contributed by atoms with van der Waals surface area (Å²) in [6.45, 7) is 2.02. The molecule has 0 heterocycles. The topological polar surface area (TPSA) is 12.5 Å². The lowest BCUT2D eigenvalue weighted by Gasteiger charge is -2.42. The third-order valence-corrected chi connectivity index (χ3v) is 4.38. The molecule has 0 radical (unpaired) electrons. The minimum Gasteiger partial charge on any atom is -0.381 e. The Kier molecular flexibility index (Phi) is 4.69. The number of benzene rings is 2. The van der Waals surface area contributed by atoms with Crippen molar-refractivity contribution in [1.29, 1.82) is 0 Å². The summed E-state index contributed by atoms with van der Waals surface area (Å²) in [6, 6.07) is 22.1. The van der Waals surface area contributed by atoms with Crippen LogP contribution in [0.15, 0.2) is 60.7 Å². The summed E-state index contributed by atoms with van der Waals surface area (Å²) in [5.74, 6) is 0. The normalized spacial score (nSPS) is 21.2. The van der Waals surface area contributed by atoms with Crippen LogP contribution in [0, 0.1) is 0 Å². The molecule has 110 valence electrons. The van der Waals surface area contributed by atoms with Crippen LogP contribution >= 0.6 is 0 Å². The van der Waals surface area contributed by atoms with Crippen molar-refractivity contribution in [2.75, 3.05) is 7.11 Å². The fraction of sp³-hybridized carbons (Fsp3) is 0.368. The van der Waals surface area contributed by atoms with Gasteiger partial charge < -0.3 is 4.74 Å². The smallest absolute Gasteiger partial charge is 0.0601 e. The summed E-state index contributed by atoms with van der Waals surface area (Å²) < 4.78 is 5.44. The van der Waals surface area contributed by atoms with Gasteiger partial charge in [-0.15, -0.1) is 0 Å². The molecule has 1 aliphatic carbocycles. The van der Waals surface area contributed by atoms with Crippen LogP contribution in [-0.2, 0) is 17.8 Å². The van der Waals surface area contributed by atoms with Gasteiger partial charge in [-0.1, -0.05) is 60.7 Å². The van der Waals surface area contributed by atoms with E-state index in [1.807, 2.05) is 7.11 Å². The van der Waals surface area contributed by atoms with E-state index >= 15 is 0 Å². The molecule has 1 aliphatic rings. The summed E-state index contributed by atoms with van der Waals surface area (Å²) in [6.07, 6.45) is 2.75. The molecule has 3 rings (SSSR count). The standard InChI is InChI=1S/C19H23NO/c1-21-19-12-18(13-19)20(14-16-8-4-2-5-9-16)15-17-10-6-3-7-11-17/h2-11,18-19H,12-15H2,1H3. The average molecular weight is 281 g/mol. The fourth-order valence-corrected chi connectivity index (χ4v) is 2.98. The Balaban J connectivity index is 1.69. The molecule has 0 atom stereocenters. The summed E-state index contributed by atoms with van der Waals surface area (Å²) in [5, 5.41) is 0. The van der Waals surface area contributed by atoms with Crippen molar-refractivity contribution in [3.63, 3.8) is 0 Å². The Morgan fingerprint density at radius 3 is 1.76 bits per heavy atom. The van der Waals surface area contributed by atoms with E-state index in [0.717, 1.165) is 25.9 Å². The van der Waals surface area contributed by atoms with Gasteiger partial charge in [-0.2, -0.15) is 0 Å². The second-order valence-electron chi connectivity index (χ2n) is 5.86. The molecule has 0 amide bonds. The molecule has 0 N–H and O–H groups in total. The van der Waals surface area contributed by atoms with E-state index in [-0.39, 0.29) is 0 Å². The molecule has 2 aromatic carbocycles. The first-order chi connectivity index (χ1) is 10.3. The maximum atomic E-state index is 5.44. The summed E-state index contributed by atoms with van der Waals surface area (Å²) in [7, 11) is 1.82. The molecule has 1 saturated carbocycles. The summed E-state index contributed by atoms with van der Waals surface area (Å²) in [5.41, 5.74) is 2.77. The molecule has 0 aliphatic heterocycles. The third-order valence-electron chi connectivity index (χ3n) is 4.38. The second-order valence-corrected chi connectivity index (χ2v) is 5.86. The van der Waals surface area contributed by atoms with Crippen LogP contribution in [-0.4, -0.2) is 24.2 Å². The highest BCUT2D eigenvalue weighted by atomic mass is 16.5. The quantitative estimate of drug-likeness (QED) is 0.797. The van der Waals surface area contributed by atoms with E-state index in [4.69, 9.17) is 4.74 Å². The Bertz CT molecular complexity index is 493. The first-order valence-electron chi connectivity index (χ1n) is 7.70. The van der Waals surface area contributed by atoms with Gasteiger partial charge in [-0.05, 0) is 24.0 Å². The van der Waals surface area contributed by atoms with Crippen LogP contribution in [0.1, 0.15) is 24.0 Å². The molecule has 21 heavy (non-hydrogen) atoms. The lowest BCUT2D eigenvalue weighted by Crippen LogP contribution is -2.47. The van der Waals surface area contributed by atoms with Crippen molar-refractivity contribution in [2.24, 2.45) is 0 Å². The van der Waals surface area contributed by atoms with E-state index in [2.05, 4.69) is 65.6 Å². The number of nitrogens with zero attached hydrogens (tertiary/aromatic N) is 1. The van der Waals surface area contributed by atoms with Crippen molar-refractivity contribution >= 4 is 0 Å². The second kappa shape index (κ2) is 6.88. The first kappa shape index (κ1) is 14.3. The summed E-state index contributed by atoms with van der Waals surface area (Å²) in [4.78, 5) is 2.58. The van der Waals surface area contributed by atoms with Gasteiger partial charge in [0.25, 0.3) is 0 Å². The minimum atomic E-state index is 0.448. The lowest BCUT2D eigenvalue weighted by atomic mass is 9.87. The molecule has 1 fully saturated rings. The van der Waals surface area contributed by atoms with E-state index in [1.165, 1.54) is 11.1 Å². The first-order valence-corrected chi connectivity index (χ1v) is 7.70. The molecule has 0 aromatic heterocycles. The Morgan fingerprint density at radius 1 is 0.857 bits per heavy atom. The van der Waals surface area contributed by atoms with Crippen molar-refractivity contribution in [3.8, 4) is 0 Å². The molecular formula is C19H23NO. The van der Waals surface area contributed by atoms with Crippen LogP contribution in [0.25, 0.3) is 0 Å². The third kappa shape index (κ3) is 3.72. The number of hydrogen-bond donors (Lipinski definition) is 0. The Labute approximate surface area is 127 Å². The van der Waals surface area contributed by atoms with Crippen LogP contribution in [0.5, 0.6) is 0 Å². The SMILES string of the molecule is COC1CC(N(Cc2ccccc2)Cc2ccccc2)C1. The van der Waals surface area contributed by atoms with Crippen LogP contribution in [0.4, 0.5) is 0 Å². The molecule has 0 unspecified atom stereocenters. The largest absolute Gasteiger partial charge is 0.381 e. The van der Waals surface area contributed by atoms with E-state index in [1.54, 1.807) is 0 Å². The van der Waals surface area contributed by atoms with Crippen LogP contribution < -0.4 is 0 Å². The lowest BCUT2D eigenvalue weighted by molar-refractivity contribution is -0.0328. The predicted molar refractivity (Wildman–Crippen MR) is 86.0 cm³/mol. The van der Waals surface area contributed by atoms with Gasteiger partial charge >= 0.3 is 0 Å². The highest BCUT2D eigenvalue weighted by molar-refractivity contribution is 5.17. The van der Waals surface area contributed by atoms with Crippen LogP contribution in [0.3, 0.4) is 0 Å². The highest BCUT2D eigenvalue weighted by Crippen LogP contribution is 2.30. The van der Waals surface area contributed by atoms with Crippen LogP contribution in [0.2, 0.25) is 0 Å². The molecular weight excluding hydrogens is 258 g/mol. The minimum absolute atomic E-state index is 0.448. The maximum Gasteiger partial charge on any atom is 0.0601 e. The Morgan fingerprint density at radius 2 is 1.33 bits per heavy atom. The van der Waals surface area contributed by atoms with Crippen molar-refractivity contribution < 1.29 is 4.74 Å². The zero-order valence-electron chi connectivity index (χ0n) is 12.6. The van der Waals surface area contributed by atoms with Gasteiger partial charge in [0.1, 0.15) is 0 Å². The maximum absolute atomic E-state index is 5.44. The molecule has 2 nitrogen and oxygen atoms in total. The molecule has 2 aromatic rings. The number of ether oxygens (including phenoxy) is 1. The van der Waals surface area contributed by atoms with E-state index in [0.29, 0.717) is 12.1 Å². The van der Waals surface area contributed by atoms with Gasteiger partial charge in [0.05, 0.1) is 6.10 Å². The van der Waals surface area contributed by atoms with Gasteiger partial charge in [0.2, 0.25) is 0 Å². The van der Waals surface area contributed by atoms with Crippen molar-refractivity contribution in [3.05, 3.63) is 71.8 Å². The molecule has 2 heteroatoms. The van der Waals surface area contributed by atoms with Gasteiger partial charge in [0.15, 0.2) is 0 Å². The molecule has 0 bridgehead atoms. The fourth-order valence-electron chi connectivity index (χ4n) is 2.98. The monoisotopic (exact) mass is 281 g/mol. The highest BCUT2D eigenvalue weighted by Gasteiger charge is 2.33. The average Bonchev–Trinajstić information content (AvgIpc) is 2.48. The van der Waals surface area contributed by atoms with Gasteiger partial charge in [0, 0.05) is 26.2 Å². The Hall–Kier alpha value is -1.64.